The molecule has 0 aromatic heterocycles. The van der Waals surface area contributed by atoms with Crippen molar-refractivity contribution in [3.63, 3.8) is 0 Å². The molecular formula is C133H248O17. The lowest BCUT2D eigenvalue weighted by atomic mass is 9.85. The van der Waals surface area contributed by atoms with Crippen molar-refractivity contribution in [3.8, 4) is 0 Å². The summed E-state index contributed by atoms with van der Waals surface area (Å²) >= 11 is 0. The van der Waals surface area contributed by atoms with Gasteiger partial charge in [-0.1, -0.05) is 603 Å². The average molecular weight is 2120 g/mol. The number of carbonyl (C=O) groups is 5. The zero-order chi connectivity index (χ0) is 110. The van der Waals surface area contributed by atoms with Gasteiger partial charge in [-0.15, -0.1) is 0 Å². The van der Waals surface area contributed by atoms with Crippen LogP contribution in [0, 0.1) is 53.3 Å². The van der Waals surface area contributed by atoms with Crippen molar-refractivity contribution in [2.75, 3.05) is 13.2 Å². The normalized spacial score (nSPS) is 20.4. The lowest BCUT2D eigenvalue weighted by molar-refractivity contribution is -0.377. The molecule has 2 heterocycles. The third kappa shape index (κ3) is 74.6. The Balaban J connectivity index is 2.70. The molecule has 0 radical (unpaired) electrons. The largest absolute Gasteiger partial charge is 0.459 e. The number of carbonyl (C=O) groups excluding carboxylic acids is 5. The van der Waals surface area contributed by atoms with Crippen molar-refractivity contribution < 1.29 is 82.3 Å². The van der Waals surface area contributed by atoms with Crippen molar-refractivity contribution in [2.24, 2.45) is 53.3 Å². The molecule has 2 rings (SSSR count). The van der Waals surface area contributed by atoms with Gasteiger partial charge < -0.3 is 58.3 Å². The molecule has 0 aromatic rings. The molecule has 0 aromatic carbocycles. The Morgan fingerprint density at radius 1 is 0.280 bits per heavy atom. The van der Waals surface area contributed by atoms with Gasteiger partial charge in [0.05, 0.1) is 18.6 Å². The summed E-state index contributed by atoms with van der Waals surface area (Å²) in [7, 11) is 0. The van der Waals surface area contributed by atoms with E-state index in [0.717, 1.165) is 109 Å². The summed E-state index contributed by atoms with van der Waals surface area (Å²) in [4.78, 5) is 74.3. The zero-order valence-electron chi connectivity index (χ0n) is 101. The fourth-order valence-electron chi connectivity index (χ4n) is 23.5. The summed E-state index contributed by atoms with van der Waals surface area (Å²) in [6, 6.07) is 0. The van der Waals surface area contributed by atoms with Crippen molar-refractivity contribution in [1.82, 2.24) is 0 Å². The van der Waals surface area contributed by atoms with Gasteiger partial charge in [-0.25, -0.2) is 14.4 Å². The minimum atomic E-state index is -1.98. The van der Waals surface area contributed by atoms with E-state index in [0.29, 0.717) is 36.2 Å². The number of unbranched alkanes of at least 4 members (excludes halogenated alkanes) is 69. The molecule has 0 aliphatic carbocycles. The van der Waals surface area contributed by atoms with Crippen LogP contribution >= 0.6 is 0 Å². The van der Waals surface area contributed by atoms with Gasteiger partial charge >= 0.3 is 29.8 Å². The highest BCUT2D eigenvalue weighted by Crippen LogP contribution is 2.38. The third-order valence-corrected chi connectivity index (χ3v) is 33.1. The van der Waals surface area contributed by atoms with Gasteiger partial charge in [-0.2, -0.15) is 0 Å². The Morgan fingerprint density at radius 3 is 0.813 bits per heavy atom. The van der Waals surface area contributed by atoms with Crippen LogP contribution in [0.2, 0.25) is 0 Å². The minimum Gasteiger partial charge on any atom is -0.459 e. The Bertz CT molecular complexity index is 3220. The number of aliphatic hydroxyl groups excluding tert-OH is 4. The monoisotopic (exact) mass is 2120 g/mol. The molecule has 2 aliphatic heterocycles. The number of allylic oxidation sites excluding steroid dienone is 3. The maximum atomic E-state index is 15.2. The molecule has 2 fully saturated rings. The molecule has 20 atom stereocenters. The molecule has 882 valence electrons. The molecule has 0 spiro atoms. The van der Waals surface area contributed by atoms with Gasteiger partial charge in [0.2, 0.25) is 12.6 Å². The molecular weight excluding hydrogens is 1870 g/mol. The van der Waals surface area contributed by atoms with Crippen molar-refractivity contribution in [2.45, 2.75) is 718 Å². The summed E-state index contributed by atoms with van der Waals surface area (Å²) in [5, 5.41) is 49.9. The van der Waals surface area contributed by atoms with Crippen LogP contribution in [-0.2, 0) is 61.9 Å². The molecule has 0 amide bonds. The van der Waals surface area contributed by atoms with E-state index < -0.39 is 116 Å². The molecule has 0 bridgehead atoms. The van der Waals surface area contributed by atoms with Gasteiger partial charge in [0.1, 0.15) is 31.0 Å². The van der Waals surface area contributed by atoms with Crippen molar-refractivity contribution >= 4 is 29.8 Å². The highest BCUT2D eigenvalue weighted by atomic mass is 16.8. The summed E-state index contributed by atoms with van der Waals surface area (Å²) in [5.41, 5.74) is 0.877. The van der Waals surface area contributed by atoms with E-state index in [-0.39, 0.29) is 47.2 Å². The van der Waals surface area contributed by atoms with E-state index in [2.05, 4.69) is 83.1 Å². The molecule has 17 nitrogen and oxygen atoms in total. The van der Waals surface area contributed by atoms with Crippen LogP contribution < -0.4 is 0 Å². The van der Waals surface area contributed by atoms with E-state index in [4.69, 9.17) is 37.9 Å². The number of hydrogen-bond acceptors (Lipinski definition) is 17. The van der Waals surface area contributed by atoms with Gasteiger partial charge in [0.15, 0.2) is 24.4 Å². The Kier molecular flexibility index (Phi) is 92.4. The zero-order valence-corrected chi connectivity index (χ0v) is 101. The Morgan fingerprint density at radius 2 is 0.527 bits per heavy atom. The van der Waals surface area contributed by atoms with Gasteiger partial charge in [0, 0.05) is 23.1 Å². The van der Waals surface area contributed by atoms with Gasteiger partial charge in [-0.3, -0.25) is 9.59 Å². The number of aliphatic hydroxyl groups is 4. The Hall–Kier alpha value is -3.71. The first-order valence-corrected chi connectivity index (χ1v) is 65.3. The van der Waals surface area contributed by atoms with Crippen molar-refractivity contribution in [1.29, 1.82) is 0 Å². The highest BCUT2D eigenvalue weighted by Gasteiger charge is 2.56. The molecule has 4 unspecified atom stereocenters. The minimum absolute atomic E-state index is 0.0216. The van der Waals surface area contributed by atoms with Crippen molar-refractivity contribution in [3.05, 3.63) is 34.9 Å². The van der Waals surface area contributed by atoms with E-state index in [1.54, 1.807) is 27.7 Å². The second-order valence-corrected chi connectivity index (χ2v) is 49.0. The van der Waals surface area contributed by atoms with E-state index >= 15 is 9.59 Å². The number of hydrogen-bond donors (Lipinski definition) is 4. The average Bonchev–Trinajstić information content (AvgIpc) is 0.768. The molecule has 4 N–H and O–H groups in total. The fraction of sp³-hybridized carbons (Fsp3) is 0.917. The van der Waals surface area contributed by atoms with Gasteiger partial charge in [-0.05, 0) is 107 Å². The standard InChI is InChI=1S/C133H248O17/c1-18-23-28-33-38-43-48-53-57-59-61-65-69-74-79-84-89-94-108(8)99-112(12)103-116(16)130(141)148-125-122(137)119(105-143-128(139)114(14)101-110(10)97-106(6)92-87-82-77-72-67-63-55-50-45-40-35-30-25-20-3)145-133(127(125)146-120(135)96-91-86-81-76-71-62-52-47-42-37-32-27-22-5)150-132-126(149-131(142)117(17)121(136)113(13)100-109(9)95-90-85-80-75-70-66-60-58-54-49-44-39-34-29-24-19-2)123(138)124(118(104-134)144-132)147-129(140)115(15)102-111(11)98-107(7)93-88-83-78-73-68-64-56-51-46-41-36-31-26-21-4/h101-103,106-113,117-119,121-127,132-134,136-138H,18-100,104-105H2,1-17H3/b114-101+,115-102+,116-103+/t106-,107-,108-,109-,110-,111-,112-,113-,117-,118?,119?,121-,122+,123?,124+,125?,126-,127+,132+,133+/m0/s1. The number of ether oxygens (including phenoxy) is 8. The summed E-state index contributed by atoms with van der Waals surface area (Å²) in [6.07, 6.45) is 87.6. The molecule has 17 heteroatoms. The molecule has 2 aliphatic rings. The highest BCUT2D eigenvalue weighted by molar-refractivity contribution is 5.89. The quantitative estimate of drug-likeness (QED) is 0.0192. The topological polar surface area (TPSA) is 240 Å². The summed E-state index contributed by atoms with van der Waals surface area (Å²) in [5.74, 6) is -4.08. The van der Waals surface area contributed by atoms with Crippen LogP contribution in [-0.4, -0.2) is 131 Å². The molecule has 2 saturated heterocycles. The second kappa shape index (κ2) is 97.3. The van der Waals surface area contributed by atoms with E-state index in [1.165, 1.54) is 405 Å². The predicted octanol–water partition coefficient (Wildman–Crippen LogP) is 37.8. The first-order chi connectivity index (χ1) is 72.7. The third-order valence-electron chi connectivity index (χ3n) is 33.1. The predicted molar refractivity (Wildman–Crippen MR) is 629 cm³/mol. The first kappa shape index (κ1) is 142. The molecule has 150 heavy (non-hydrogen) atoms. The van der Waals surface area contributed by atoms with Gasteiger partial charge in [0.25, 0.3) is 0 Å². The van der Waals surface area contributed by atoms with E-state index in [1.807, 2.05) is 25.2 Å². The summed E-state index contributed by atoms with van der Waals surface area (Å²) in [6.45, 7) is 33.7. The SMILES string of the molecule is CCCCCCCCCCCCCCCCCCC[C@H](C)C[C@H](C)/C=C(\C)C(=O)OC1[C@H](O)C(COC(=O)/C(C)=C/[C@@H](C)C[C@@H](C)CCCCCCCCCCCCCCCC)O[C@H](O[C@H]2OC(CO)[C@@H](OC(=O)/C(C)=C/[C@@H](C)C[C@@H](C)CCCCCCCCCCCCCCCC)C(O)[C@@H]2OC(=O)[C@@H](C)[C@@H](O)[C@@H](C)C[C@@H](C)CCCCCCCCCCCCCCCCCC)[C@@H]1OC(=O)CCCCCCCCCCCCCCC. The van der Waals surface area contributed by atoms with Crippen LogP contribution in [0.25, 0.3) is 0 Å². The smallest absolute Gasteiger partial charge is 0.333 e. The Labute approximate surface area is 926 Å². The maximum absolute atomic E-state index is 15.2. The van der Waals surface area contributed by atoms with Crippen LogP contribution in [0.3, 0.4) is 0 Å². The first-order valence-electron chi connectivity index (χ1n) is 65.3. The lowest BCUT2D eigenvalue weighted by Crippen LogP contribution is -2.66. The van der Waals surface area contributed by atoms with Crippen LogP contribution in [0.4, 0.5) is 0 Å². The van der Waals surface area contributed by atoms with Crippen LogP contribution in [0.5, 0.6) is 0 Å². The number of rotatable bonds is 105. The summed E-state index contributed by atoms with van der Waals surface area (Å²) < 4.78 is 52.2. The van der Waals surface area contributed by atoms with Crippen LogP contribution in [0.1, 0.15) is 651 Å². The van der Waals surface area contributed by atoms with Crippen LogP contribution in [0.15, 0.2) is 34.9 Å². The molecule has 0 saturated carbocycles. The second-order valence-electron chi connectivity index (χ2n) is 49.0. The fourth-order valence-corrected chi connectivity index (χ4v) is 23.5. The maximum Gasteiger partial charge on any atom is 0.333 e. The number of esters is 5. The lowest BCUT2D eigenvalue weighted by Gasteiger charge is -2.47. The van der Waals surface area contributed by atoms with E-state index in [9.17, 15) is 34.8 Å².